The van der Waals surface area contributed by atoms with E-state index in [1.165, 1.54) is 0 Å². The highest BCUT2D eigenvalue weighted by Crippen LogP contribution is 2.23. The second kappa shape index (κ2) is 5.22. The normalized spacial score (nSPS) is 28.5. The summed E-state index contributed by atoms with van der Waals surface area (Å²) in [4.78, 5) is 11.0. The SMILES string of the molecule is CCC(=O)OC1CCC(OC)CC1. The molecule has 0 radical (unpaired) electrons. The maximum atomic E-state index is 11.0. The van der Waals surface area contributed by atoms with Crippen LogP contribution in [-0.2, 0) is 14.3 Å². The van der Waals surface area contributed by atoms with Gasteiger partial charge in [0.2, 0.25) is 0 Å². The van der Waals surface area contributed by atoms with Crippen LogP contribution in [0.1, 0.15) is 39.0 Å². The molecule has 0 N–H and O–H groups in total. The molecule has 76 valence electrons. The van der Waals surface area contributed by atoms with Crippen LogP contribution in [0.3, 0.4) is 0 Å². The Kier molecular flexibility index (Phi) is 4.22. The number of hydrogen-bond acceptors (Lipinski definition) is 3. The van der Waals surface area contributed by atoms with Crippen LogP contribution in [0.4, 0.5) is 0 Å². The summed E-state index contributed by atoms with van der Waals surface area (Å²) in [6.07, 6.45) is 4.91. The van der Waals surface area contributed by atoms with Gasteiger partial charge in [0, 0.05) is 13.5 Å². The largest absolute Gasteiger partial charge is 0.462 e. The standard InChI is InChI=1S/C10H18O3/c1-3-10(11)13-9-6-4-8(12-2)5-7-9/h8-9H,3-7H2,1-2H3. The molecule has 0 spiro atoms. The molecular formula is C10H18O3. The van der Waals surface area contributed by atoms with Gasteiger partial charge in [-0.2, -0.15) is 0 Å². The van der Waals surface area contributed by atoms with E-state index in [2.05, 4.69) is 0 Å². The van der Waals surface area contributed by atoms with Crippen molar-refractivity contribution in [3.8, 4) is 0 Å². The van der Waals surface area contributed by atoms with Crippen molar-refractivity contribution in [2.24, 2.45) is 0 Å². The van der Waals surface area contributed by atoms with Gasteiger partial charge in [0.25, 0.3) is 0 Å². The summed E-state index contributed by atoms with van der Waals surface area (Å²) in [5, 5.41) is 0. The van der Waals surface area contributed by atoms with E-state index in [0.29, 0.717) is 12.5 Å². The van der Waals surface area contributed by atoms with Gasteiger partial charge < -0.3 is 9.47 Å². The highest BCUT2D eigenvalue weighted by atomic mass is 16.5. The topological polar surface area (TPSA) is 35.5 Å². The fourth-order valence-electron chi connectivity index (χ4n) is 1.66. The Labute approximate surface area is 79.4 Å². The molecule has 0 aliphatic heterocycles. The van der Waals surface area contributed by atoms with E-state index in [-0.39, 0.29) is 12.1 Å². The molecule has 1 aliphatic rings. The molecule has 1 fully saturated rings. The maximum absolute atomic E-state index is 11.0. The van der Waals surface area contributed by atoms with Crippen LogP contribution in [0.25, 0.3) is 0 Å². The van der Waals surface area contributed by atoms with Crippen LogP contribution in [-0.4, -0.2) is 25.3 Å². The third kappa shape index (κ3) is 3.35. The Bertz CT molecular complexity index is 160. The van der Waals surface area contributed by atoms with Gasteiger partial charge in [-0.05, 0) is 25.7 Å². The summed E-state index contributed by atoms with van der Waals surface area (Å²) in [5.41, 5.74) is 0. The van der Waals surface area contributed by atoms with E-state index >= 15 is 0 Å². The summed E-state index contributed by atoms with van der Waals surface area (Å²) in [6.45, 7) is 1.82. The minimum atomic E-state index is -0.0825. The molecule has 0 heterocycles. The lowest BCUT2D eigenvalue weighted by Gasteiger charge is -2.27. The highest BCUT2D eigenvalue weighted by Gasteiger charge is 2.22. The first kappa shape index (κ1) is 10.5. The minimum Gasteiger partial charge on any atom is -0.462 e. The first-order valence-electron chi connectivity index (χ1n) is 4.98. The third-order valence-corrected chi connectivity index (χ3v) is 2.54. The van der Waals surface area contributed by atoms with E-state index in [1.54, 1.807) is 7.11 Å². The Morgan fingerprint density at radius 3 is 2.23 bits per heavy atom. The zero-order valence-electron chi connectivity index (χ0n) is 8.41. The molecule has 0 aromatic carbocycles. The molecular weight excluding hydrogens is 168 g/mol. The number of rotatable bonds is 3. The Balaban J connectivity index is 2.21. The fraction of sp³-hybridized carbons (Fsp3) is 0.900. The van der Waals surface area contributed by atoms with Crippen molar-refractivity contribution >= 4 is 5.97 Å². The second-order valence-corrected chi connectivity index (χ2v) is 3.48. The predicted octanol–water partition coefficient (Wildman–Crippen LogP) is 1.90. The van der Waals surface area contributed by atoms with E-state index in [9.17, 15) is 4.79 Å². The molecule has 1 rings (SSSR count). The lowest BCUT2D eigenvalue weighted by molar-refractivity contribution is -0.151. The molecule has 3 nitrogen and oxygen atoms in total. The fourth-order valence-corrected chi connectivity index (χ4v) is 1.66. The molecule has 3 heteroatoms. The molecule has 0 atom stereocenters. The Morgan fingerprint density at radius 2 is 1.77 bits per heavy atom. The first-order valence-corrected chi connectivity index (χ1v) is 4.98. The summed E-state index contributed by atoms with van der Waals surface area (Å²) in [7, 11) is 1.74. The van der Waals surface area contributed by atoms with Gasteiger partial charge in [0.05, 0.1) is 6.10 Å². The second-order valence-electron chi connectivity index (χ2n) is 3.48. The van der Waals surface area contributed by atoms with Crippen molar-refractivity contribution in [2.45, 2.75) is 51.2 Å². The van der Waals surface area contributed by atoms with Crippen LogP contribution >= 0.6 is 0 Å². The lowest BCUT2D eigenvalue weighted by Crippen LogP contribution is -2.27. The first-order chi connectivity index (χ1) is 6.26. The van der Waals surface area contributed by atoms with E-state index < -0.39 is 0 Å². The third-order valence-electron chi connectivity index (χ3n) is 2.54. The number of ether oxygens (including phenoxy) is 2. The van der Waals surface area contributed by atoms with Gasteiger partial charge in [0.1, 0.15) is 6.10 Å². The molecule has 0 unspecified atom stereocenters. The summed E-state index contributed by atoms with van der Waals surface area (Å²) in [5.74, 6) is -0.0825. The number of carbonyl (C=O) groups excluding carboxylic acids is 1. The van der Waals surface area contributed by atoms with E-state index in [1.807, 2.05) is 6.92 Å². The summed E-state index contributed by atoms with van der Waals surface area (Å²) in [6, 6.07) is 0. The van der Waals surface area contributed by atoms with Gasteiger partial charge in [-0.1, -0.05) is 6.92 Å². The monoisotopic (exact) mass is 186 g/mol. The van der Waals surface area contributed by atoms with Crippen molar-refractivity contribution in [1.82, 2.24) is 0 Å². The molecule has 1 saturated carbocycles. The van der Waals surface area contributed by atoms with Crippen molar-refractivity contribution in [3.05, 3.63) is 0 Å². The van der Waals surface area contributed by atoms with Crippen LogP contribution in [0.2, 0.25) is 0 Å². The quantitative estimate of drug-likeness (QED) is 0.631. The van der Waals surface area contributed by atoms with Crippen LogP contribution in [0, 0.1) is 0 Å². The van der Waals surface area contributed by atoms with Crippen molar-refractivity contribution in [2.75, 3.05) is 7.11 Å². The van der Waals surface area contributed by atoms with Gasteiger partial charge in [0.15, 0.2) is 0 Å². The smallest absolute Gasteiger partial charge is 0.305 e. The van der Waals surface area contributed by atoms with Gasteiger partial charge in [-0.25, -0.2) is 0 Å². The highest BCUT2D eigenvalue weighted by molar-refractivity contribution is 5.69. The molecule has 0 amide bonds. The van der Waals surface area contributed by atoms with Crippen LogP contribution in [0.15, 0.2) is 0 Å². The van der Waals surface area contributed by atoms with Gasteiger partial charge in [-0.3, -0.25) is 4.79 Å². The van der Waals surface area contributed by atoms with Crippen molar-refractivity contribution < 1.29 is 14.3 Å². The molecule has 0 aromatic rings. The molecule has 0 saturated heterocycles. The number of carbonyl (C=O) groups is 1. The van der Waals surface area contributed by atoms with Gasteiger partial charge in [-0.15, -0.1) is 0 Å². The summed E-state index contributed by atoms with van der Waals surface area (Å²) < 4.78 is 10.5. The van der Waals surface area contributed by atoms with E-state index in [4.69, 9.17) is 9.47 Å². The average molecular weight is 186 g/mol. The van der Waals surface area contributed by atoms with Crippen LogP contribution in [0.5, 0.6) is 0 Å². The molecule has 13 heavy (non-hydrogen) atoms. The zero-order valence-corrected chi connectivity index (χ0v) is 8.41. The lowest BCUT2D eigenvalue weighted by atomic mass is 9.95. The van der Waals surface area contributed by atoms with Crippen molar-refractivity contribution in [3.63, 3.8) is 0 Å². The average Bonchev–Trinajstić information content (AvgIpc) is 2.19. The Hall–Kier alpha value is -0.570. The maximum Gasteiger partial charge on any atom is 0.305 e. The minimum absolute atomic E-state index is 0.0825. The van der Waals surface area contributed by atoms with E-state index in [0.717, 1.165) is 25.7 Å². The Morgan fingerprint density at radius 1 is 1.23 bits per heavy atom. The number of hydrogen-bond donors (Lipinski definition) is 0. The predicted molar refractivity (Wildman–Crippen MR) is 49.4 cm³/mol. The van der Waals surface area contributed by atoms with Gasteiger partial charge >= 0.3 is 5.97 Å². The number of methoxy groups -OCH3 is 1. The number of esters is 1. The molecule has 1 aliphatic carbocycles. The zero-order chi connectivity index (χ0) is 9.68. The summed E-state index contributed by atoms with van der Waals surface area (Å²) >= 11 is 0. The van der Waals surface area contributed by atoms with Crippen LogP contribution < -0.4 is 0 Å². The van der Waals surface area contributed by atoms with Crippen molar-refractivity contribution in [1.29, 1.82) is 0 Å². The molecule has 0 bridgehead atoms. The molecule has 0 aromatic heterocycles.